The molecule has 0 N–H and O–H groups in total. The molecule has 1 aromatic heterocycles. The number of benzene rings is 1. The quantitative estimate of drug-likeness (QED) is 0.645. The third kappa shape index (κ3) is 1.85. The van der Waals surface area contributed by atoms with Crippen molar-refractivity contribution >= 4 is 12.7 Å². The van der Waals surface area contributed by atoms with Crippen LogP contribution in [0.25, 0.3) is 11.3 Å². The van der Waals surface area contributed by atoms with Gasteiger partial charge in [0, 0.05) is 11.8 Å². The average molecular weight is 180 g/mol. The van der Waals surface area contributed by atoms with Crippen molar-refractivity contribution in [2.24, 2.45) is 0 Å². The van der Waals surface area contributed by atoms with Crippen LogP contribution in [0.2, 0.25) is 6.82 Å². The number of nitrogens with zero attached hydrogens (tertiary/aromatic N) is 1. The van der Waals surface area contributed by atoms with E-state index in [0.717, 1.165) is 11.3 Å². The lowest BCUT2D eigenvalue weighted by Crippen LogP contribution is -2.10. The van der Waals surface area contributed by atoms with E-state index >= 15 is 0 Å². The summed E-state index contributed by atoms with van der Waals surface area (Å²) < 4.78 is 0. The maximum Gasteiger partial charge on any atom is 0.148 e. The third-order valence-electron chi connectivity index (χ3n) is 2.19. The van der Waals surface area contributed by atoms with Gasteiger partial charge in [0.1, 0.15) is 7.28 Å². The first-order chi connectivity index (χ1) is 6.90. The second kappa shape index (κ2) is 4.10. The molecule has 0 aliphatic rings. The van der Waals surface area contributed by atoms with E-state index in [1.54, 1.807) is 0 Å². The molecule has 0 unspecified atom stereocenters. The Morgan fingerprint density at radius 1 is 1.07 bits per heavy atom. The largest absolute Gasteiger partial charge is 0.256 e. The molecule has 0 aliphatic heterocycles. The lowest BCUT2D eigenvalue weighted by Gasteiger charge is -2.01. The number of hydrogen-bond acceptors (Lipinski definition) is 1. The van der Waals surface area contributed by atoms with Crippen molar-refractivity contribution in [2.75, 3.05) is 0 Å². The molecule has 0 amide bonds. The SMILES string of the molecule is C[B]c1ccnc(-c2ccccc2)c1. The Morgan fingerprint density at radius 2 is 1.86 bits per heavy atom. The zero-order chi connectivity index (χ0) is 9.80. The van der Waals surface area contributed by atoms with Crippen LogP contribution in [0.3, 0.4) is 0 Å². The van der Waals surface area contributed by atoms with Crippen molar-refractivity contribution in [1.82, 2.24) is 4.98 Å². The molecule has 2 rings (SSSR count). The highest BCUT2D eigenvalue weighted by molar-refractivity contribution is 6.52. The molecule has 1 heterocycles. The van der Waals surface area contributed by atoms with Crippen LogP contribution in [0.15, 0.2) is 48.7 Å². The Labute approximate surface area is 85.1 Å². The number of hydrogen-bond donors (Lipinski definition) is 0. The van der Waals surface area contributed by atoms with Crippen LogP contribution in [0, 0.1) is 0 Å². The minimum absolute atomic E-state index is 1.03. The van der Waals surface area contributed by atoms with Crippen LogP contribution < -0.4 is 5.46 Å². The van der Waals surface area contributed by atoms with Crippen molar-refractivity contribution in [3.05, 3.63) is 48.7 Å². The summed E-state index contributed by atoms with van der Waals surface area (Å²) in [6.07, 6.45) is 1.84. The molecule has 1 aromatic carbocycles. The highest BCUT2D eigenvalue weighted by Gasteiger charge is 1.98. The van der Waals surface area contributed by atoms with Crippen molar-refractivity contribution in [1.29, 1.82) is 0 Å². The lowest BCUT2D eigenvalue weighted by molar-refractivity contribution is 1.34. The Kier molecular flexibility index (Phi) is 2.64. The predicted octanol–water partition coefficient (Wildman–Crippen LogP) is 2.13. The van der Waals surface area contributed by atoms with Gasteiger partial charge in [-0.15, -0.1) is 0 Å². The smallest absolute Gasteiger partial charge is 0.148 e. The molecule has 0 saturated heterocycles. The molecule has 2 heteroatoms. The average Bonchev–Trinajstić information content (AvgIpc) is 2.30. The standard InChI is InChI=1S/C12H11BN/c1-13-11-7-8-14-12(9-11)10-5-3-2-4-6-10/h2-9H,1H3. The summed E-state index contributed by atoms with van der Waals surface area (Å²) in [5.41, 5.74) is 3.40. The van der Waals surface area contributed by atoms with Crippen LogP contribution in [0.4, 0.5) is 0 Å². The van der Waals surface area contributed by atoms with Crippen LogP contribution in [0.5, 0.6) is 0 Å². The van der Waals surface area contributed by atoms with Crippen LogP contribution in [-0.2, 0) is 0 Å². The third-order valence-corrected chi connectivity index (χ3v) is 2.19. The molecule has 67 valence electrons. The van der Waals surface area contributed by atoms with E-state index in [2.05, 4.69) is 30.5 Å². The normalized spacial score (nSPS) is 9.79. The number of aromatic nitrogens is 1. The molecule has 1 radical (unpaired) electrons. The molecule has 0 atom stereocenters. The van der Waals surface area contributed by atoms with Crippen molar-refractivity contribution in [3.8, 4) is 11.3 Å². The number of rotatable bonds is 2. The first kappa shape index (κ1) is 9.01. The van der Waals surface area contributed by atoms with Crippen LogP contribution >= 0.6 is 0 Å². The topological polar surface area (TPSA) is 12.9 Å². The van der Waals surface area contributed by atoms with Crippen molar-refractivity contribution in [2.45, 2.75) is 6.82 Å². The zero-order valence-corrected chi connectivity index (χ0v) is 8.14. The van der Waals surface area contributed by atoms with E-state index in [-0.39, 0.29) is 0 Å². The Bertz CT molecular complexity index is 412. The Morgan fingerprint density at radius 3 is 2.57 bits per heavy atom. The van der Waals surface area contributed by atoms with Crippen LogP contribution in [0.1, 0.15) is 0 Å². The summed E-state index contributed by atoms with van der Waals surface area (Å²) >= 11 is 0. The van der Waals surface area contributed by atoms with Gasteiger partial charge in [-0.2, -0.15) is 0 Å². The minimum Gasteiger partial charge on any atom is -0.256 e. The maximum absolute atomic E-state index is 4.34. The summed E-state index contributed by atoms with van der Waals surface area (Å²) in [4.78, 5) is 4.34. The molecular weight excluding hydrogens is 169 g/mol. The Balaban J connectivity index is 2.42. The molecule has 0 bridgehead atoms. The van der Waals surface area contributed by atoms with Gasteiger partial charge in [-0.05, 0) is 6.07 Å². The molecular formula is C12H11BN. The highest BCUT2D eigenvalue weighted by atomic mass is 14.7. The molecule has 0 fully saturated rings. The van der Waals surface area contributed by atoms with Gasteiger partial charge in [-0.1, -0.05) is 48.7 Å². The van der Waals surface area contributed by atoms with E-state index in [1.165, 1.54) is 5.46 Å². The molecule has 14 heavy (non-hydrogen) atoms. The zero-order valence-electron chi connectivity index (χ0n) is 8.14. The molecule has 0 saturated carbocycles. The summed E-state index contributed by atoms with van der Waals surface area (Å²) in [5, 5.41) is 0. The highest BCUT2D eigenvalue weighted by Crippen LogP contribution is 2.13. The summed E-state index contributed by atoms with van der Waals surface area (Å²) in [5.74, 6) is 0. The molecule has 0 aliphatic carbocycles. The second-order valence-corrected chi connectivity index (χ2v) is 3.13. The first-order valence-corrected chi connectivity index (χ1v) is 4.71. The molecule has 0 spiro atoms. The fourth-order valence-electron chi connectivity index (χ4n) is 1.39. The van der Waals surface area contributed by atoms with E-state index in [9.17, 15) is 0 Å². The van der Waals surface area contributed by atoms with Gasteiger partial charge in [-0.3, -0.25) is 4.98 Å². The summed E-state index contributed by atoms with van der Waals surface area (Å²) in [6, 6.07) is 14.3. The van der Waals surface area contributed by atoms with Crippen molar-refractivity contribution < 1.29 is 0 Å². The van der Waals surface area contributed by atoms with Gasteiger partial charge in [0.2, 0.25) is 0 Å². The molecule has 2 aromatic rings. The lowest BCUT2D eigenvalue weighted by atomic mass is 9.73. The van der Waals surface area contributed by atoms with Gasteiger partial charge < -0.3 is 0 Å². The summed E-state index contributed by atoms with van der Waals surface area (Å²) in [7, 11) is 2.08. The van der Waals surface area contributed by atoms with Gasteiger partial charge in [-0.25, -0.2) is 0 Å². The fourth-order valence-corrected chi connectivity index (χ4v) is 1.39. The van der Waals surface area contributed by atoms with E-state index in [4.69, 9.17) is 0 Å². The predicted molar refractivity (Wildman–Crippen MR) is 60.9 cm³/mol. The maximum atomic E-state index is 4.34. The fraction of sp³-hybridized carbons (Fsp3) is 0.0833. The second-order valence-electron chi connectivity index (χ2n) is 3.13. The number of pyridine rings is 1. The van der Waals surface area contributed by atoms with Gasteiger partial charge in [0.05, 0.1) is 5.69 Å². The monoisotopic (exact) mass is 180 g/mol. The molecule has 1 nitrogen and oxygen atoms in total. The van der Waals surface area contributed by atoms with Gasteiger partial charge in [0.15, 0.2) is 0 Å². The van der Waals surface area contributed by atoms with E-state index in [1.807, 2.05) is 37.3 Å². The van der Waals surface area contributed by atoms with Crippen LogP contribution in [-0.4, -0.2) is 12.3 Å². The van der Waals surface area contributed by atoms with Gasteiger partial charge >= 0.3 is 0 Å². The van der Waals surface area contributed by atoms with E-state index in [0.29, 0.717) is 0 Å². The van der Waals surface area contributed by atoms with Gasteiger partial charge in [0.25, 0.3) is 0 Å². The first-order valence-electron chi connectivity index (χ1n) is 4.71. The van der Waals surface area contributed by atoms with Crippen molar-refractivity contribution in [3.63, 3.8) is 0 Å². The Hall–Kier alpha value is -1.57. The minimum atomic E-state index is 1.03. The van der Waals surface area contributed by atoms with E-state index < -0.39 is 0 Å². The summed E-state index contributed by atoms with van der Waals surface area (Å²) in [6.45, 7) is 2.03.